The van der Waals surface area contributed by atoms with Crippen LogP contribution in [0.1, 0.15) is 50.7 Å². The molecule has 0 N–H and O–H groups in total. The molecule has 0 spiro atoms. The summed E-state index contributed by atoms with van der Waals surface area (Å²) in [7, 11) is 0. The first-order valence-electron chi connectivity index (χ1n) is 4.81. The van der Waals surface area contributed by atoms with Gasteiger partial charge in [-0.25, -0.2) is 0 Å². The first kappa shape index (κ1) is 10.8. The molecule has 1 aromatic carbocycles. The third-order valence-corrected chi connectivity index (χ3v) is 2.79. The van der Waals surface area contributed by atoms with Crippen molar-refractivity contribution in [2.75, 3.05) is 0 Å². The normalized spacial score (nSPS) is 11.3. The van der Waals surface area contributed by atoms with Crippen molar-refractivity contribution in [2.45, 2.75) is 39.5 Å². The summed E-state index contributed by atoms with van der Waals surface area (Å²) in [5.41, 5.74) is 2.93. The van der Waals surface area contributed by atoms with E-state index in [-0.39, 0.29) is 0 Å². The van der Waals surface area contributed by atoms with E-state index in [1.165, 1.54) is 15.6 Å². The predicted octanol–water partition coefficient (Wildman–Crippen LogP) is 4.70. The van der Waals surface area contributed by atoms with Crippen molar-refractivity contribution in [2.24, 2.45) is 0 Å². The summed E-state index contributed by atoms with van der Waals surface area (Å²) in [6.07, 6.45) is 0. The molecule has 0 heterocycles. The van der Waals surface area contributed by atoms with Crippen molar-refractivity contribution >= 4 is 15.9 Å². The predicted molar refractivity (Wildman–Crippen MR) is 62.3 cm³/mol. The maximum atomic E-state index is 3.51. The summed E-state index contributed by atoms with van der Waals surface area (Å²) in [4.78, 5) is 0. The standard InChI is InChI=1S/C12H17Br/c1-8(2)11-6-5-10(13)7-12(11)9(3)4/h5-9H,1-4H3. The van der Waals surface area contributed by atoms with Crippen LogP contribution in [-0.2, 0) is 0 Å². The molecule has 1 rings (SSSR count). The molecule has 1 heteroatoms. The summed E-state index contributed by atoms with van der Waals surface area (Å²) in [6, 6.07) is 6.59. The number of rotatable bonds is 2. The van der Waals surface area contributed by atoms with Gasteiger partial charge in [0.25, 0.3) is 0 Å². The van der Waals surface area contributed by atoms with E-state index in [4.69, 9.17) is 0 Å². The molecule has 0 saturated heterocycles. The lowest BCUT2D eigenvalue weighted by Crippen LogP contribution is -1.98. The summed E-state index contributed by atoms with van der Waals surface area (Å²) in [5.74, 6) is 1.22. The van der Waals surface area contributed by atoms with Crippen molar-refractivity contribution in [1.82, 2.24) is 0 Å². The van der Waals surface area contributed by atoms with Crippen LogP contribution in [0.25, 0.3) is 0 Å². The van der Waals surface area contributed by atoms with Gasteiger partial charge in [0.15, 0.2) is 0 Å². The van der Waals surface area contributed by atoms with Gasteiger partial charge in [0, 0.05) is 4.47 Å². The molecule has 1 aromatic rings. The molecular weight excluding hydrogens is 224 g/mol. The van der Waals surface area contributed by atoms with Crippen molar-refractivity contribution < 1.29 is 0 Å². The molecule has 72 valence electrons. The first-order chi connectivity index (χ1) is 6.02. The Labute approximate surface area is 89.5 Å². The molecule has 0 aliphatic heterocycles. The molecule has 0 aliphatic rings. The van der Waals surface area contributed by atoms with Crippen LogP contribution in [0.5, 0.6) is 0 Å². The van der Waals surface area contributed by atoms with E-state index in [2.05, 4.69) is 61.8 Å². The Balaban J connectivity index is 3.19. The van der Waals surface area contributed by atoms with Crippen LogP contribution in [0.15, 0.2) is 22.7 Å². The minimum Gasteiger partial charge on any atom is -0.0587 e. The maximum absolute atomic E-state index is 3.51. The topological polar surface area (TPSA) is 0 Å². The molecule has 0 fully saturated rings. The first-order valence-corrected chi connectivity index (χ1v) is 5.61. The lowest BCUT2D eigenvalue weighted by molar-refractivity contribution is 0.789. The van der Waals surface area contributed by atoms with Crippen LogP contribution in [0, 0.1) is 0 Å². The lowest BCUT2D eigenvalue weighted by atomic mass is 9.91. The molecule has 0 amide bonds. The van der Waals surface area contributed by atoms with E-state index in [1.54, 1.807) is 0 Å². The van der Waals surface area contributed by atoms with Gasteiger partial charge in [-0.3, -0.25) is 0 Å². The Morgan fingerprint density at radius 1 is 0.923 bits per heavy atom. The molecule has 13 heavy (non-hydrogen) atoms. The van der Waals surface area contributed by atoms with Gasteiger partial charge in [-0.2, -0.15) is 0 Å². The molecule has 0 nitrogen and oxygen atoms in total. The highest BCUT2D eigenvalue weighted by Crippen LogP contribution is 2.28. The molecule has 0 saturated carbocycles. The fourth-order valence-electron chi connectivity index (χ4n) is 1.57. The summed E-state index contributed by atoms with van der Waals surface area (Å²) >= 11 is 3.51. The third-order valence-electron chi connectivity index (χ3n) is 2.29. The Morgan fingerprint density at radius 3 is 1.92 bits per heavy atom. The number of halogens is 1. The van der Waals surface area contributed by atoms with Crippen LogP contribution in [0.2, 0.25) is 0 Å². The van der Waals surface area contributed by atoms with Crippen LogP contribution in [-0.4, -0.2) is 0 Å². The van der Waals surface area contributed by atoms with Gasteiger partial charge < -0.3 is 0 Å². The van der Waals surface area contributed by atoms with Gasteiger partial charge in [-0.1, -0.05) is 49.7 Å². The summed E-state index contributed by atoms with van der Waals surface area (Å²) in [6.45, 7) is 8.98. The highest BCUT2D eigenvalue weighted by atomic mass is 79.9. The second-order valence-electron chi connectivity index (χ2n) is 4.08. The number of hydrogen-bond acceptors (Lipinski definition) is 0. The van der Waals surface area contributed by atoms with Crippen molar-refractivity contribution in [1.29, 1.82) is 0 Å². The lowest BCUT2D eigenvalue weighted by Gasteiger charge is -2.15. The van der Waals surface area contributed by atoms with Gasteiger partial charge in [0.2, 0.25) is 0 Å². The third kappa shape index (κ3) is 2.57. The van der Waals surface area contributed by atoms with E-state index >= 15 is 0 Å². The van der Waals surface area contributed by atoms with Crippen LogP contribution in [0.3, 0.4) is 0 Å². The minimum absolute atomic E-state index is 0.606. The van der Waals surface area contributed by atoms with E-state index in [0.717, 1.165) is 0 Å². The van der Waals surface area contributed by atoms with E-state index in [0.29, 0.717) is 11.8 Å². The Bertz CT molecular complexity index is 287. The van der Waals surface area contributed by atoms with Crippen LogP contribution < -0.4 is 0 Å². The monoisotopic (exact) mass is 240 g/mol. The molecule has 0 aliphatic carbocycles. The Hall–Kier alpha value is -0.300. The van der Waals surface area contributed by atoms with Crippen molar-refractivity contribution in [3.8, 4) is 0 Å². The Morgan fingerprint density at radius 2 is 1.46 bits per heavy atom. The molecule has 0 atom stereocenters. The summed E-state index contributed by atoms with van der Waals surface area (Å²) < 4.78 is 1.18. The fourth-order valence-corrected chi connectivity index (χ4v) is 1.95. The zero-order chi connectivity index (χ0) is 10.0. The smallest absolute Gasteiger partial charge is 0.0178 e. The highest BCUT2D eigenvalue weighted by Gasteiger charge is 2.09. The second-order valence-corrected chi connectivity index (χ2v) is 5.00. The van der Waals surface area contributed by atoms with Gasteiger partial charge >= 0.3 is 0 Å². The van der Waals surface area contributed by atoms with E-state index in [9.17, 15) is 0 Å². The second kappa shape index (κ2) is 4.28. The van der Waals surface area contributed by atoms with Gasteiger partial charge in [-0.05, 0) is 35.1 Å². The minimum atomic E-state index is 0.606. The quantitative estimate of drug-likeness (QED) is 0.704. The Kier molecular flexibility index (Phi) is 3.55. The number of benzene rings is 1. The largest absolute Gasteiger partial charge is 0.0587 e. The highest BCUT2D eigenvalue weighted by molar-refractivity contribution is 9.10. The van der Waals surface area contributed by atoms with Gasteiger partial charge in [0.05, 0.1) is 0 Å². The zero-order valence-corrected chi connectivity index (χ0v) is 10.4. The average molecular weight is 241 g/mol. The average Bonchev–Trinajstić information content (AvgIpc) is 2.03. The van der Waals surface area contributed by atoms with Crippen LogP contribution in [0.4, 0.5) is 0 Å². The van der Waals surface area contributed by atoms with Gasteiger partial charge in [0.1, 0.15) is 0 Å². The molecule has 0 aromatic heterocycles. The SMILES string of the molecule is CC(C)c1ccc(Br)cc1C(C)C. The van der Waals surface area contributed by atoms with E-state index in [1.807, 2.05) is 0 Å². The fraction of sp³-hybridized carbons (Fsp3) is 0.500. The molecule has 0 unspecified atom stereocenters. The van der Waals surface area contributed by atoms with E-state index < -0.39 is 0 Å². The van der Waals surface area contributed by atoms with Crippen molar-refractivity contribution in [3.63, 3.8) is 0 Å². The molecule has 0 bridgehead atoms. The molecule has 0 radical (unpaired) electrons. The molecular formula is C12H17Br. The van der Waals surface area contributed by atoms with Crippen LogP contribution >= 0.6 is 15.9 Å². The van der Waals surface area contributed by atoms with Crippen molar-refractivity contribution in [3.05, 3.63) is 33.8 Å². The number of hydrogen-bond donors (Lipinski definition) is 0. The van der Waals surface area contributed by atoms with Gasteiger partial charge in [-0.15, -0.1) is 0 Å². The summed E-state index contributed by atoms with van der Waals surface area (Å²) in [5, 5.41) is 0. The maximum Gasteiger partial charge on any atom is 0.0178 e. The zero-order valence-electron chi connectivity index (χ0n) is 8.76.